The molecule has 27 heavy (non-hydrogen) atoms. The van der Waals surface area contributed by atoms with Gasteiger partial charge in [-0.05, 0) is 37.5 Å². The first-order valence-electron chi connectivity index (χ1n) is 9.11. The molecule has 0 unspecified atom stereocenters. The van der Waals surface area contributed by atoms with Crippen LogP contribution in [0.4, 0.5) is 5.69 Å². The minimum absolute atomic E-state index is 0.0279. The van der Waals surface area contributed by atoms with Crippen molar-refractivity contribution in [1.82, 2.24) is 14.8 Å². The molecule has 0 atom stereocenters. The highest BCUT2D eigenvalue weighted by Gasteiger charge is 2.16. The molecule has 0 aliphatic heterocycles. The number of amides is 1. The molecule has 3 aromatic rings. The number of thioether (sulfide) groups is 1. The first kappa shape index (κ1) is 19.6. The van der Waals surface area contributed by atoms with E-state index in [4.69, 9.17) is 0 Å². The van der Waals surface area contributed by atoms with Crippen LogP contribution in [0.15, 0.2) is 40.9 Å². The molecule has 0 aliphatic carbocycles. The molecule has 0 saturated carbocycles. The summed E-state index contributed by atoms with van der Waals surface area (Å²) < 4.78 is 2.11. The van der Waals surface area contributed by atoms with Crippen LogP contribution in [0.1, 0.15) is 30.7 Å². The van der Waals surface area contributed by atoms with E-state index in [-0.39, 0.29) is 5.91 Å². The van der Waals surface area contributed by atoms with Crippen molar-refractivity contribution in [3.05, 3.63) is 46.2 Å². The van der Waals surface area contributed by atoms with E-state index in [1.807, 2.05) is 24.3 Å². The summed E-state index contributed by atoms with van der Waals surface area (Å²) in [5.41, 5.74) is 3.11. The molecular formula is C20H24N4OS2. The fraction of sp³-hybridized carbons (Fsp3) is 0.350. The van der Waals surface area contributed by atoms with Gasteiger partial charge in [0.25, 0.3) is 0 Å². The Morgan fingerprint density at radius 3 is 2.78 bits per heavy atom. The van der Waals surface area contributed by atoms with Crippen molar-refractivity contribution in [3.8, 4) is 11.4 Å². The lowest BCUT2D eigenvalue weighted by Gasteiger charge is -2.10. The molecule has 0 spiro atoms. The number of rotatable bonds is 8. The van der Waals surface area contributed by atoms with E-state index in [1.54, 1.807) is 11.3 Å². The molecule has 0 fully saturated rings. The molecule has 1 N–H and O–H groups in total. The number of anilines is 1. The summed E-state index contributed by atoms with van der Waals surface area (Å²) in [5, 5.41) is 14.6. The Morgan fingerprint density at radius 1 is 1.26 bits per heavy atom. The largest absolute Gasteiger partial charge is 0.325 e. The highest BCUT2D eigenvalue weighted by molar-refractivity contribution is 7.99. The molecule has 0 radical (unpaired) electrons. The van der Waals surface area contributed by atoms with Crippen molar-refractivity contribution in [2.45, 2.75) is 45.3 Å². The van der Waals surface area contributed by atoms with Gasteiger partial charge in [0.15, 0.2) is 11.0 Å². The number of hydrogen-bond acceptors (Lipinski definition) is 5. The standard InChI is InChI=1S/C20H24N4OS2/c1-4-10-24-19(16-11-14(3)26-12-16)22-23-20(24)27-13-18(25)21-17-9-7-6-8-15(17)5-2/h6-9,11-12H,4-5,10,13H2,1-3H3,(H,21,25). The number of carbonyl (C=O) groups is 1. The number of benzene rings is 1. The number of aromatic nitrogens is 3. The number of para-hydroxylation sites is 1. The summed E-state index contributed by atoms with van der Waals surface area (Å²) in [6.45, 7) is 7.13. The molecule has 1 aromatic carbocycles. The molecule has 1 amide bonds. The second-order valence-electron chi connectivity index (χ2n) is 6.25. The normalized spacial score (nSPS) is 10.9. The lowest BCUT2D eigenvalue weighted by molar-refractivity contribution is -0.113. The van der Waals surface area contributed by atoms with Crippen LogP contribution in [0.5, 0.6) is 0 Å². The second kappa shape index (κ2) is 9.19. The third kappa shape index (κ3) is 4.78. The van der Waals surface area contributed by atoms with Gasteiger partial charge < -0.3 is 9.88 Å². The van der Waals surface area contributed by atoms with Gasteiger partial charge in [0, 0.05) is 28.1 Å². The fourth-order valence-electron chi connectivity index (χ4n) is 2.86. The Bertz CT molecular complexity index is 916. The first-order chi connectivity index (χ1) is 13.1. The van der Waals surface area contributed by atoms with Gasteiger partial charge in [0.1, 0.15) is 0 Å². The van der Waals surface area contributed by atoms with Crippen LogP contribution in [-0.2, 0) is 17.8 Å². The minimum atomic E-state index is -0.0279. The summed E-state index contributed by atoms with van der Waals surface area (Å²) in [6, 6.07) is 10.0. The van der Waals surface area contributed by atoms with Gasteiger partial charge in [0.2, 0.25) is 5.91 Å². The number of aryl methyl sites for hydroxylation is 2. The predicted molar refractivity (Wildman–Crippen MR) is 114 cm³/mol. The molecular weight excluding hydrogens is 376 g/mol. The van der Waals surface area contributed by atoms with Gasteiger partial charge in [-0.3, -0.25) is 4.79 Å². The zero-order valence-electron chi connectivity index (χ0n) is 15.9. The Balaban J connectivity index is 1.70. The van der Waals surface area contributed by atoms with Crippen molar-refractivity contribution >= 4 is 34.7 Å². The van der Waals surface area contributed by atoms with Crippen LogP contribution < -0.4 is 5.32 Å². The van der Waals surface area contributed by atoms with Gasteiger partial charge >= 0.3 is 0 Å². The maximum atomic E-state index is 12.4. The summed E-state index contributed by atoms with van der Waals surface area (Å²) in [7, 11) is 0. The van der Waals surface area contributed by atoms with Crippen molar-refractivity contribution in [3.63, 3.8) is 0 Å². The highest BCUT2D eigenvalue weighted by Crippen LogP contribution is 2.28. The molecule has 5 nitrogen and oxygen atoms in total. The quantitative estimate of drug-likeness (QED) is 0.540. The topological polar surface area (TPSA) is 59.8 Å². The minimum Gasteiger partial charge on any atom is -0.325 e. The molecule has 0 saturated heterocycles. The van der Waals surface area contributed by atoms with E-state index in [2.05, 4.69) is 52.3 Å². The van der Waals surface area contributed by atoms with Gasteiger partial charge in [-0.25, -0.2) is 0 Å². The zero-order chi connectivity index (χ0) is 19.2. The smallest absolute Gasteiger partial charge is 0.234 e. The van der Waals surface area contributed by atoms with E-state index in [9.17, 15) is 4.79 Å². The average Bonchev–Trinajstić information content (AvgIpc) is 3.27. The van der Waals surface area contributed by atoms with Gasteiger partial charge in [-0.2, -0.15) is 0 Å². The van der Waals surface area contributed by atoms with Crippen LogP contribution >= 0.6 is 23.1 Å². The van der Waals surface area contributed by atoms with E-state index < -0.39 is 0 Å². The van der Waals surface area contributed by atoms with Crippen LogP contribution in [-0.4, -0.2) is 26.4 Å². The number of thiophene rings is 1. The monoisotopic (exact) mass is 400 g/mol. The molecule has 2 aromatic heterocycles. The summed E-state index contributed by atoms with van der Waals surface area (Å²) in [5.74, 6) is 1.16. The van der Waals surface area contributed by atoms with E-state index in [1.165, 1.54) is 16.6 Å². The van der Waals surface area contributed by atoms with Gasteiger partial charge in [0.05, 0.1) is 5.75 Å². The molecule has 3 rings (SSSR count). The van der Waals surface area contributed by atoms with Crippen LogP contribution in [0, 0.1) is 6.92 Å². The molecule has 0 aliphatic rings. The fourth-order valence-corrected chi connectivity index (χ4v) is 4.31. The number of hydrogen-bond donors (Lipinski definition) is 1. The predicted octanol–water partition coefficient (Wildman–Crippen LogP) is 5.02. The van der Waals surface area contributed by atoms with Crippen LogP contribution in [0.25, 0.3) is 11.4 Å². The molecule has 0 bridgehead atoms. The summed E-state index contributed by atoms with van der Waals surface area (Å²) >= 11 is 3.14. The highest BCUT2D eigenvalue weighted by atomic mass is 32.2. The third-order valence-electron chi connectivity index (χ3n) is 4.16. The van der Waals surface area contributed by atoms with Crippen molar-refractivity contribution in [2.24, 2.45) is 0 Å². The number of carbonyl (C=O) groups excluding carboxylic acids is 1. The molecule has 2 heterocycles. The Kier molecular flexibility index (Phi) is 6.68. The van der Waals surface area contributed by atoms with E-state index in [0.29, 0.717) is 5.75 Å². The molecule has 7 heteroatoms. The van der Waals surface area contributed by atoms with Crippen molar-refractivity contribution in [1.29, 1.82) is 0 Å². The first-order valence-corrected chi connectivity index (χ1v) is 11.0. The van der Waals surface area contributed by atoms with E-state index in [0.717, 1.165) is 47.2 Å². The van der Waals surface area contributed by atoms with Gasteiger partial charge in [-0.1, -0.05) is 43.8 Å². The third-order valence-corrected chi connectivity index (χ3v) is 5.99. The van der Waals surface area contributed by atoms with Crippen LogP contribution in [0.2, 0.25) is 0 Å². The second-order valence-corrected chi connectivity index (χ2v) is 8.31. The maximum absolute atomic E-state index is 12.4. The lowest BCUT2D eigenvalue weighted by atomic mass is 10.1. The van der Waals surface area contributed by atoms with E-state index >= 15 is 0 Å². The molecule has 142 valence electrons. The Morgan fingerprint density at radius 2 is 2.07 bits per heavy atom. The van der Waals surface area contributed by atoms with Crippen LogP contribution in [0.3, 0.4) is 0 Å². The maximum Gasteiger partial charge on any atom is 0.234 e. The lowest BCUT2D eigenvalue weighted by Crippen LogP contribution is -2.15. The summed E-state index contributed by atoms with van der Waals surface area (Å²) in [4.78, 5) is 13.7. The van der Waals surface area contributed by atoms with Gasteiger partial charge in [-0.15, -0.1) is 21.5 Å². The Hall–Kier alpha value is -2.12. The van der Waals surface area contributed by atoms with Crippen molar-refractivity contribution < 1.29 is 4.79 Å². The zero-order valence-corrected chi connectivity index (χ0v) is 17.5. The van der Waals surface area contributed by atoms with Crippen molar-refractivity contribution in [2.75, 3.05) is 11.1 Å². The SMILES string of the molecule is CCCn1c(SCC(=O)Nc2ccccc2CC)nnc1-c1csc(C)c1. The summed E-state index contributed by atoms with van der Waals surface area (Å²) in [6.07, 6.45) is 1.87. The number of nitrogens with one attached hydrogen (secondary N) is 1. The average molecular weight is 401 g/mol. The Labute approximate surface area is 168 Å². The number of nitrogens with zero attached hydrogens (tertiary/aromatic N) is 3.